The highest BCUT2D eigenvalue weighted by Gasteiger charge is 2.07. The van der Waals surface area contributed by atoms with E-state index in [9.17, 15) is 0 Å². The van der Waals surface area contributed by atoms with E-state index >= 15 is 0 Å². The first-order valence-corrected chi connectivity index (χ1v) is 8.52. The van der Waals surface area contributed by atoms with Gasteiger partial charge in [-0.1, -0.05) is 29.3 Å². The minimum absolute atomic E-state index is 0. The molecule has 0 aliphatic heterocycles. The quantitative estimate of drug-likeness (QED) is 0.413. The van der Waals surface area contributed by atoms with Crippen molar-refractivity contribution in [3.05, 3.63) is 52.8 Å². The van der Waals surface area contributed by atoms with Crippen molar-refractivity contribution in [2.75, 3.05) is 20.1 Å². The van der Waals surface area contributed by atoms with Crippen LogP contribution in [0.2, 0.25) is 0 Å². The molecule has 138 valence electrons. The third kappa shape index (κ3) is 7.05. The summed E-state index contributed by atoms with van der Waals surface area (Å²) in [6.45, 7) is 8.82. The van der Waals surface area contributed by atoms with Crippen LogP contribution in [-0.4, -0.2) is 40.8 Å². The summed E-state index contributed by atoms with van der Waals surface area (Å²) in [5.74, 6) is 0.936. The molecule has 25 heavy (non-hydrogen) atoms. The molecule has 2 aromatic rings. The average molecular weight is 455 g/mol. The Morgan fingerprint density at radius 3 is 2.44 bits per heavy atom. The number of aliphatic imine (C=N–C) groups is 1. The van der Waals surface area contributed by atoms with Gasteiger partial charge >= 0.3 is 0 Å². The van der Waals surface area contributed by atoms with Crippen LogP contribution in [0.15, 0.2) is 35.6 Å². The van der Waals surface area contributed by atoms with Gasteiger partial charge in [-0.3, -0.25) is 9.67 Å². The van der Waals surface area contributed by atoms with Crippen molar-refractivity contribution in [3.63, 3.8) is 0 Å². The number of aryl methyl sites for hydroxylation is 3. The molecule has 6 heteroatoms. The van der Waals surface area contributed by atoms with E-state index in [0.29, 0.717) is 0 Å². The van der Waals surface area contributed by atoms with Gasteiger partial charge in [0, 0.05) is 45.5 Å². The third-order valence-corrected chi connectivity index (χ3v) is 3.82. The second-order valence-electron chi connectivity index (χ2n) is 6.36. The van der Waals surface area contributed by atoms with E-state index in [0.717, 1.165) is 32.0 Å². The lowest BCUT2D eigenvalue weighted by Gasteiger charge is -2.21. The van der Waals surface area contributed by atoms with Crippen LogP contribution in [-0.2, 0) is 20.0 Å². The number of halogens is 1. The zero-order valence-electron chi connectivity index (χ0n) is 15.9. The topological polar surface area (TPSA) is 45.5 Å². The minimum atomic E-state index is 0. The molecule has 0 unspecified atom stereocenters. The second kappa shape index (κ2) is 10.4. The van der Waals surface area contributed by atoms with Crippen molar-refractivity contribution in [3.8, 4) is 0 Å². The van der Waals surface area contributed by atoms with Crippen LogP contribution in [0.5, 0.6) is 0 Å². The number of nitrogens with one attached hydrogen (secondary N) is 1. The molecule has 0 saturated heterocycles. The van der Waals surface area contributed by atoms with Crippen molar-refractivity contribution in [1.82, 2.24) is 20.0 Å². The van der Waals surface area contributed by atoms with Gasteiger partial charge in [-0.15, -0.1) is 24.0 Å². The monoisotopic (exact) mass is 455 g/mol. The van der Waals surface area contributed by atoms with Crippen LogP contribution in [0, 0.1) is 13.8 Å². The van der Waals surface area contributed by atoms with Gasteiger partial charge in [0.15, 0.2) is 5.96 Å². The highest BCUT2D eigenvalue weighted by atomic mass is 127. The van der Waals surface area contributed by atoms with Gasteiger partial charge in [-0.2, -0.15) is 5.10 Å². The molecule has 0 spiro atoms. The first-order chi connectivity index (χ1) is 11.5. The van der Waals surface area contributed by atoms with Crippen molar-refractivity contribution in [1.29, 1.82) is 0 Å². The van der Waals surface area contributed by atoms with Crippen molar-refractivity contribution >= 4 is 29.9 Å². The molecule has 0 saturated carbocycles. The zero-order chi connectivity index (χ0) is 17.5. The van der Waals surface area contributed by atoms with Gasteiger partial charge in [-0.05, 0) is 32.8 Å². The number of benzene rings is 1. The van der Waals surface area contributed by atoms with Gasteiger partial charge in [0.25, 0.3) is 0 Å². The summed E-state index contributed by atoms with van der Waals surface area (Å²) in [6, 6.07) is 6.70. The molecule has 1 aromatic carbocycles. The summed E-state index contributed by atoms with van der Waals surface area (Å²) in [4.78, 5) is 6.92. The predicted molar refractivity (Wildman–Crippen MR) is 116 cm³/mol. The van der Waals surface area contributed by atoms with Crippen molar-refractivity contribution in [2.45, 2.75) is 33.7 Å². The predicted octanol–water partition coefficient (Wildman–Crippen LogP) is 3.29. The lowest BCUT2D eigenvalue weighted by atomic mass is 10.1. The molecule has 0 atom stereocenters. The van der Waals surface area contributed by atoms with E-state index in [2.05, 4.69) is 61.3 Å². The molecule has 0 aliphatic carbocycles. The Labute approximate surface area is 168 Å². The van der Waals surface area contributed by atoms with E-state index in [1.165, 1.54) is 22.3 Å². The lowest BCUT2D eigenvalue weighted by Crippen LogP contribution is -2.38. The Hall–Kier alpha value is -1.57. The standard InChI is InChI=1S/C19H29N5.HI/c1-6-20-19(23(4)13-18-12-22-24(5)14-18)21-8-7-17-10-15(2)9-16(3)11-17;/h9-12,14H,6-8,13H2,1-5H3,(H,20,21);1H. The van der Waals surface area contributed by atoms with E-state index in [1.807, 2.05) is 24.1 Å². The summed E-state index contributed by atoms with van der Waals surface area (Å²) in [7, 11) is 4.00. The molecule has 1 N–H and O–H groups in total. The van der Waals surface area contributed by atoms with E-state index in [1.54, 1.807) is 0 Å². The van der Waals surface area contributed by atoms with Crippen LogP contribution in [0.25, 0.3) is 0 Å². The first kappa shape index (κ1) is 21.5. The molecular weight excluding hydrogens is 425 g/mol. The van der Waals surface area contributed by atoms with E-state index in [4.69, 9.17) is 4.99 Å². The summed E-state index contributed by atoms with van der Waals surface area (Å²) in [5, 5.41) is 7.59. The van der Waals surface area contributed by atoms with Gasteiger partial charge < -0.3 is 10.2 Å². The van der Waals surface area contributed by atoms with Gasteiger partial charge in [0.05, 0.1) is 6.20 Å². The molecule has 0 bridgehead atoms. The Kier molecular flexibility index (Phi) is 8.96. The number of nitrogens with zero attached hydrogens (tertiary/aromatic N) is 4. The Bertz CT molecular complexity index is 673. The summed E-state index contributed by atoms with van der Waals surface area (Å²) in [6.07, 6.45) is 4.89. The lowest BCUT2D eigenvalue weighted by molar-refractivity contribution is 0.477. The molecule has 0 amide bonds. The molecule has 1 heterocycles. The highest BCUT2D eigenvalue weighted by molar-refractivity contribution is 14.0. The molecule has 1 aromatic heterocycles. The van der Waals surface area contributed by atoms with Crippen LogP contribution >= 0.6 is 24.0 Å². The van der Waals surface area contributed by atoms with Crippen molar-refractivity contribution in [2.24, 2.45) is 12.0 Å². The smallest absolute Gasteiger partial charge is 0.193 e. The fraction of sp³-hybridized carbons (Fsp3) is 0.474. The van der Waals surface area contributed by atoms with Gasteiger partial charge in [0.2, 0.25) is 0 Å². The third-order valence-electron chi connectivity index (χ3n) is 3.82. The molecule has 0 radical (unpaired) electrons. The largest absolute Gasteiger partial charge is 0.357 e. The molecular formula is C19H30IN5. The number of aromatic nitrogens is 2. The number of hydrogen-bond donors (Lipinski definition) is 1. The molecule has 5 nitrogen and oxygen atoms in total. The maximum atomic E-state index is 4.78. The Morgan fingerprint density at radius 1 is 1.20 bits per heavy atom. The Balaban J connectivity index is 0.00000312. The summed E-state index contributed by atoms with van der Waals surface area (Å²) >= 11 is 0. The van der Waals surface area contributed by atoms with Crippen LogP contribution in [0.4, 0.5) is 0 Å². The summed E-state index contributed by atoms with van der Waals surface area (Å²) in [5.41, 5.74) is 5.16. The van der Waals surface area contributed by atoms with Crippen LogP contribution in [0.3, 0.4) is 0 Å². The van der Waals surface area contributed by atoms with E-state index in [-0.39, 0.29) is 24.0 Å². The average Bonchev–Trinajstić information content (AvgIpc) is 2.90. The molecule has 2 rings (SSSR count). The van der Waals surface area contributed by atoms with Crippen molar-refractivity contribution < 1.29 is 0 Å². The SMILES string of the molecule is CCNC(=NCCc1cc(C)cc(C)c1)N(C)Cc1cnn(C)c1.I. The summed E-state index contributed by atoms with van der Waals surface area (Å²) < 4.78 is 1.83. The highest BCUT2D eigenvalue weighted by Crippen LogP contribution is 2.09. The van der Waals surface area contributed by atoms with Gasteiger partial charge in [-0.25, -0.2) is 0 Å². The van der Waals surface area contributed by atoms with E-state index < -0.39 is 0 Å². The Morgan fingerprint density at radius 2 is 1.88 bits per heavy atom. The second-order valence-corrected chi connectivity index (χ2v) is 6.36. The molecule has 0 aliphatic rings. The fourth-order valence-corrected chi connectivity index (χ4v) is 2.88. The number of rotatable bonds is 6. The van der Waals surface area contributed by atoms with Crippen LogP contribution < -0.4 is 5.32 Å². The van der Waals surface area contributed by atoms with Gasteiger partial charge in [0.1, 0.15) is 0 Å². The zero-order valence-corrected chi connectivity index (χ0v) is 18.2. The molecule has 0 fully saturated rings. The first-order valence-electron chi connectivity index (χ1n) is 8.52. The normalized spacial score (nSPS) is 11.2. The number of hydrogen-bond acceptors (Lipinski definition) is 2. The maximum Gasteiger partial charge on any atom is 0.193 e. The minimum Gasteiger partial charge on any atom is -0.357 e. The maximum absolute atomic E-state index is 4.78. The number of guanidine groups is 1. The van der Waals surface area contributed by atoms with Crippen LogP contribution in [0.1, 0.15) is 29.2 Å². The fourth-order valence-electron chi connectivity index (χ4n) is 2.88.